The standard InChI is InChI=1S/C12H22N4O3S.ClH/c1-3-16-7-11(13-10-16)20(17,18)15-8-12(9-19-2)5-4-6-14-12;/h7,10,14-15H,3-6,8-9H2,1-2H3;1H. The zero-order valence-corrected chi connectivity index (χ0v) is 14.0. The molecule has 0 amide bonds. The number of nitrogens with one attached hydrogen (secondary N) is 2. The van der Waals surface area contributed by atoms with Crippen LogP contribution >= 0.6 is 12.4 Å². The highest BCUT2D eigenvalue weighted by Gasteiger charge is 2.35. The molecule has 1 aliphatic rings. The van der Waals surface area contributed by atoms with Crippen LogP contribution in [-0.4, -0.2) is 50.3 Å². The average Bonchev–Trinajstić information content (AvgIpc) is 3.07. The third kappa shape index (κ3) is 4.40. The first-order valence-corrected chi connectivity index (χ1v) is 8.25. The van der Waals surface area contributed by atoms with Crippen molar-refractivity contribution in [2.75, 3.05) is 26.8 Å². The number of aromatic nitrogens is 2. The Bertz CT molecular complexity index is 540. The van der Waals surface area contributed by atoms with Crippen molar-refractivity contribution < 1.29 is 13.2 Å². The first kappa shape index (κ1) is 18.4. The summed E-state index contributed by atoms with van der Waals surface area (Å²) in [6.45, 7) is 4.30. The molecule has 2 rings (SSSR count). The van der Waals surface area contributed by atoms with Crippen molar-refractivity contribution in [3.8, 4) is 0 Å². The van der Waals surface area contributed by atoms with Crippen molar-refractivity contribution in [3.05, 3.63) is 12.5 Å². The van der Waals surface area contributed by atoms with Crippen molar-refractivity contribution in [3.63, 3.8) is 0 Å². The summed E-state index contributed by atoms with van der Waals surface area (Å²) in [6, 6.07) is 0. The second kappa shape index (κ2) is 7.55. The van der Waals surface area contributed by atoms with Gasteiger partial charge in [0, 0.05) is 26.4 Å². The minimum Gasteiger partial charge on any atom is -0.383 e. The van der Waals surface area contributed by atoms with Crippen LogP contribution in [0.2, 0.25) is 0 Å². The van der Waals surface area contributed by atoms with Crippen molar-refractivity contribution >= 4 is 22.4 Å². The van der Waals surface area contributed by atoms with E-state index in [1.54, 1.807) is 11.7 Å². The fourth-order valence-electron chi connectivity index (χ4n) is 2.43. The van der Waals surface area contributed by atoms with E-state index in [2.05, 4.69) is 15.0 Å². The summed E-state index contributed by atoms with van der Waals surface area (Å²) in [5.41, 5.74) is -0.310. The number of imidazole rings is 1. The third-order valence-corrected chi connectivity index (χ3v) is 4.89. The molecule has 21 heavy (non-hydrogen) atoms. The Hall–Kier alpha value is -0.670. The first-order valence-electron chi connectivity index (χ1n) is 6.77. The van der Waals surface area contributed by atoms with Crippen molar-refractivity contribution in [2.45, 2.75) is 36.9 Å². The number of hydrogen-bond acceptors (Lipinski definition) is 5. The Morgan fingerprint density at radius 2 is 2.33 bits per heavy atom. The summed E-state index contributed by atoms with van der Waals surface area (Å²) in [5, 5.41) is 3.39. The van der Waals surface area contributed by atoms with Gasteiger partial charge in [-0.15, -0.1) is 12.4 Å². The highest BCUT2D eigenvalue weighted by Crippen LogP contribution is 2.19. The van der Waals surface area contributed by atoms with E-state index in [1.165, 1.54) is 12.5 Å². The fraction of sp³-hybridized carbons (Fsp3) is 0.750. The van der Waals surface area contributed by atoms with Crippen molar-refractivity contribution in [1.82, 2.24) is 19.6 Å². The monoisotopic (exact) mass is 338 g/mol. The van der Waals surface area contributed by atoms with Gasteiger partial charge in [-0.3, -0.25) is 0 Å². The van der Waals surface area contributed by atoms with Gasteiger partial charge < -0.3 is 14.6 Å². The lowest BCUT2D eigenvalue weighted by atomic mass is 9.99. The molecular weight excluding hydrogens is 316 g/mol. The molecule has 1 aliphatic heterocycles. The van der Waals surface area contributed by atoms with E-state index in [9.17, 15) is 8.42 Å². The molecule has 0 spiro atoms. The average molecular weight is 339 g/mol. The van der Waals surface area contributed by atoms with E-state index in [4.69, 9.17) is 4.74 Å². The molecule has 0 aromatic carbocycles. The van der Waals surface area contributed by atoms with E-state index in [1.807, 2.05) is 6.92 Å². The van der Waals surface area contributed by atoms with Crippen LogP contribution in [0.5, 0.6) is 0 Å². The molecule has 1 unspecified atom stereocenters. The number of rotatable bonds is 7. The number of ether oxygens (including phenoxy) is 1. The predicted molar refractivity (Wildman–Crippen MR) is 82.2 cm³/mol. The molecule has 7 nitrogen and oxygen atoms in total. The topological polar surface area (TPSA) is 85.2 Å². The molecule has 2 heterocycles. The number of aryl methyl sites for hydroxylation is 1. The molecule has 0 aliphatic carbocycles. The lowest BCUT2D eigenvalue weighted by Crippen LogP contribution is -2.52. The lowest BCUT2D eigenvalue weighted by Gasteiger charge is -2.28. The second-order valence-electron chi connectivity index (χ2n) is 5.11. The summed E-state index contributed by atoms with van der Waals surface area (Å²) in [6.07, 6.45) is 4.98. The Morgan fingerprint density at radius 1 is 1.57 bits per heavy atom. The van der Waals surface area contributed by atoms with Crippen LogP contribution in [-0.2, 0) is 21.3 Å². The van der Waals surface area contributed by atoms with Gasteiger partial charge in [0.15, 0.2) is 5.03 Å². The molecule has 9 heteroatoms. The molecule has 1 atom stereocenters. The van der Waals surface area contributed by atoms with E-state index in [0.717, 1.165) is 19.4 Å². The number of halogens is 1. The highest BCUT2D eigenvalue weighted by atomic mass is 35.5. The molecule has 122 valence electrons. The molecule has 1 fully saturated rings. The Morgan fingerprint density at radius 3 is 2.86 bits per heavy atom. The maximum atomic E-state index is 12.2. The molecule has 1 aromatic heterocycles. The van der Waals surface area contributed by atoms with E-state index in [0.29, 0.717) is 19.7 Å². The summed E-state index contributed by atoms with van der Waals surface area (Å²) in [5.74, 6) is 0. The molecular formula is C12H23ClN4O3S. The van der Waals surface area contributed by atoms with Crippen LogP contribution in [0.15, 0.2) is 17.6 Å². The Kier molecular flexibility index (Phi) is 6.61. The number of nitrogens with zero attached hydrogens (tertiary/aromatic N) is 2. The van der Waals surface area contributed by atoms with Crippen LogP contribution in [0, 0.1) is 0 Å². The summed E-state index contributed by atoms with van der Waals surface area (Å²) < 4.78 is 34.0. The summed E-state index contributed by atoms with van der Waals surface area (Å²) >= 11 is 0. The van der Waals surface area contributed by atoms with E-state index in [-0.39, 0.29) is 23.0 Å². The van der Waals surface area contributed by atoms with Crippen LogP contribution in [0.25, 0.3) is 0 Å². The largest absolute Gasteiger partial charge is 0.383 e. The molecule has 1 saturated heterocycles. The minimum atomic E-state index is -3.57. The highest BCUT2D eigenvalue weighted by molar-refractivity contribution is 7.89. The van der Waals surface area contributed by atoms with Gasteiger partial charge in [0.25, 0.3) is 10.0 Å². The maximum Gasteiger partial charge on any atom is 0.259 e. The number of sulfonamides is 1. The van der Waals surface area contributed by atoms with Crippen molar-refractivity contribution in [2.24, 2.45) is 0 Å². The van der Waals surface area contributed by atoms with Gasteiger partial charge >= 0.3 is 0 Å². The quantitative estimate of drug-likeness (QED) is 0.750. The second-order valence-corrected chi connectivity index (χ2v) is 6.82. The van der Waals surface area contributed by atoms with Crippen LogP contribution in [0.4, 0.5) is 0 Å². The van der Waals surface area contributed by atoms with Gasteiger partial charge in [0.1, 0.15) is 0 Å². The normalized spacial score (nSPS) is 22.2. The third-order valence-electron chi connectivity index (χ3n) is 3.60. The first-order chi connectivity index (χ1) is 9.51. The van der Waals surface area contributed by atoms with Gasteiger partial charge in [-0.1, -0.05) is 0 Å². The lowest BCUT2D eigenvalue weighted by molar-refractivity contribution is 0.122. The predicted octanol–water partition coefficient (Wildman–Crippen LogP) is 0.372. The van der Waals surface area contributed by atoms with Gasteiger partial charge in [0.05, 0.1) is 18.5 Å². The number of methoxy groups -OCH3 is 1. The fourth-order valence-corrected chi connectivity index (χ4v) is 3.50. The molecule has 2 N–H and O–H groups in total. The Labute approximate surface area is 131 Å². The van der Waals surface area contributed by atoms with Crippen molar-refractivity contribution in [1.29, 1.82) is 0 Å². The smallest absolute Gasteiger partial charge is 0.259 e. The molecule has 1 aromatic rings. The zero-order valence-electron chi connectivity index (χ0n) is 12.3. The van der Waals surface area contributed by atoms with Gasteiger partial charge in [-0.2, -0.15) is 0 Å². The van der Waals surface area contributed by atoms with Crippen LogP contribution in [0.1, 0.15) is 19.8 Å². The number of hydrogen-bond donors (Lipinski definition) is 2. The van der Waals surface area contributed by atoms with Crippen LogP contribution < -0.4 is 10.0 Å². The van der Waals surface area contributed by atoms with E-state index >= 15 is 0 Å². The SMILES string of the molecule is CCn1cnc(S(=O)(=O)NCC2(COC)CCCN2)c1.Cl. The van der Waals surface area contributed by atoms with Crippen LogP contribution in [0.3, 0.4) is 0 Å². The molecule has 0 bridgehead atoms. The Balaban J connectivity index is 0.00000220. The van der Waals surface area contributed by atoms with Gasteiger partial charge in [0.2, 0.25) is 0 Å². The summed E-state index contributed by atoms with van der Waals surface area (Å²) in [4.78, 5) is 3.93. The zero-order chi connectivity index (χ0) is 14.6. The van der Waals surface area contributed by atoms with Gasteiger partial charge in [-0.25, -0.2) is 18.1 Å². The van der Waals surface area contributed by atoms with Gasteiger partial charge in [-0.05, 0) is 26.3 Å². The molecule has 0 radical (unpaired) electrons. The molecule has 0 saturated carbocycles. The summed E-state index contributed by atoms with van der Waals surface area (Å²) in [7, 11) is -1.95. The van der Waals surface area contributed by atoms with E-state index < -0.39 is 10.0 Å². The maximum absolute atomic E-state index is 12.2. The minimum absolute atomic E-state index is 0.